The highest BCUT2D eigenvalue weighted by Crippen LogP contribution is 2.21. The average Bonchev–Trinajstić information content (AvgIpc) is 2.32. The summed E-state index contributed by atoms with van der Waals surface area (Å²) < 4.78 is 13.3. The summed E-state index contributed by atoms with van der Waals surface area (Å²) >= 11 is 9.40. The van der Waals surface area contributed by atoms with Crippen molar-refractivity contribution in [1.29, 1.82) is 0 Å². The van der Waals surface area contributed by atoms with Gasteiger partial charge in [0.2, 0.25) is 0 Å². The van der Waals surface area contributed by atoms with Crippen LogP contribution in [0.25, 0.3) is 0 Å². The lowest BCUT2D eigenvalue weighted by molar-refractivity contribution is 0.278. The van der Waals surface area contributed by atoms with Gasteiger partial charge in [0.15, 0.2) is 0 Å². The molecule has 0 saturated carbocycles. The Bertz CT molecular complexity index is 346. The first-order chi connectivity index (χ1) is 8.19. The molecular weight excluding hydrogens is 305 g/mol. The van der Waals surface area contributed by atoms with Crippen LogP contribution in [0.3, 0.4) is 0 Å². The third-order valence-corrected chi connectivity index (χ3v) is 3.43. The summed E-state index contributed by atoms with van der Waals surface area (Å²) in [5.41, 5.74) is 0.865. The summed E-state index contributed by atoms with van der Waals surface area (Å²) in [6, 6.07) is 4.99. The molecule has 0 aliphatic carbocycles. The first kappa shape index (κ1) is 14.9. The summed E-state index contributed by atoms with van der Waals surface area (Å²) in [7, 11) is 0. The van der Waals surface area contributed by atoms with Gasteiger partial charge in [0.1, 0.15) is 5.82 Å². The van der Waals surface area contributed by atoms with E-state index < -0.39 is 0 Å². The van der Waals surface area contributed by atoms with E-state index >= 15 is 0 Å². The van der Waals surface area contributed by atoms with Gasteiger partial charge >= 0.3 is 0 Å². The molecule has 1 aromatic rings. The van der Waals surface area contributed by atoms with Crippen molar-refractivity contribution in [1.82, 2.24) is 4.90 Å². The van der Waals surface area contributed by atoms with Crippen LogP contribution in [0.1, 0.15) is 25.3 Å². The Kier molecular flexibility index (Phi) is 7.09. The van der Waals surface area contributed by atoms with Crippen molar-refractivity contribution in [3.63, 3.8) is 0 Å². The molecule has 4 heteroatoms. The Balaban J connectivity index is 2.67. The molecule has 0 amide bonds. The fraction of sp³-hybridized carbons (Fsp3) is 0.538. The van der Waals surface area contributed by atoms with Gasteiger partial charge in [0.25, 0.3) is 0 Å². The minimum atomic E-state index is -0.335. The van der Waals surface area contributed by atoms with E-state index in [0.29, 0.717) is 6.54 Å². The summed E-state index contributed by atoms with van der Waals surface area (Å²) in [5, 5.41) is 1.17. The molecule has 0 bridgehead atoms. The average molecular weight is 323 g/mol. The van der Waals surface area contributed by atoms with E-state index in [1.54, 1.807) is 6.07 Å². The molecule has 0 atom stereocenters. The quantitative estimate of drug-likeness (QED) is 0.669. The first-order valence-corrected chi connectivity index (χ1v) is 7.40. The molecule has 0 radical (unpaired) electrons. The van der Waals surface area contributed by atoms with Gasteiger partial charge in [-0.2, -0.15) is 0 Å². The third kappa shape index (κ3) is 4.94. The lowest BCUT2D eigenvalue weighted by atomic mass is 10.2. The largest absolute Gasteiger partial charge is 0.298 e. The topological polar surface area (TPSA) is 3.24 Å². The number of hydrogen-bond donors (Lipinski definition) is 0. The van der Waals surface area contributed by atoms with Crippen molar-refractivity contribution in [2.24, 2.45) is 0 Å². The summed E-state index contributed by atoms with van der Waals surface area (Å²) in [6.45, 7) is 4.85. The molecule has 0 spiro atoms. The smallest absolute Gasteiger partial charge is 0.142 e. The van der Waals surface area contributed by atoms with Crippen molar-refractivity contribution < 1.29 is 4.39 Å². The van der Waals surface area contributed by atoms with Crippen molar-refractivity contribution in [2.45, 2.75) is 26.3 Å². The molecule has 0 heterocycles. The zero-order valence-electron chi connectivity index (χ0n) is 10.1. The second-order valence-corrected chi connectivity index (χ2v) is 5.20. The zero-order chi connectivity index (χ0) is 12.7. The highest BCUT2D eigenvalue weighted by atomic mass is 79.9. The molecule has 0 unspecified atom stereocenters. The van der Waals surface area contributed by atoms with Crippen LogP contribution >= 0.6 is 27.5 Å². The fourth-order valence-corrected chi connectivity index (χ4v) is 2.37. The number of hydrogen-bond acceptors (Lipinski definition) is 1. The van der Waals surface area contributed by atoms with Gasteiger partial charge in [-0.3, -0.25) is 4.90 Å². The van der Waals surface area contributed by atoms with Crippen LogP contribution in [0.15, 0.2) is 18.2 Å². The van der Waals surface area contributed by atoms with E-state index in [1.165, 1.54) is 6.07 Å². The molecule has 0 fully saturated rings. The number of halogens is 3. The molecule has 0 aliphatic heterocycles. The summed E-state index contributed by atoms with van der Waals surface area (Å²) in [6.07, 6.45) is 2.32. The maximum Gasteiger partial charge on any atom is 0.142 e. The van der Waals surface area contributed by atoms with E-state index in [-0.39, 0.29) is 10.8 Å². The number of benzene rings is 1. The van der Waals surface area contributed by atoms with Crippen LogP contribution in [0, 0.1) is 5.82 Å². The number of unbranched alkanes of at least 4 members (excludes halogenated alkanes) is 1. The molecule has 1 aromatic carbocycles. The highest BCUT2D eigenvalue weighted by Gasteiger charge is 2.10. The molecule has 0 aliphatic rings. The van der Waals surface area contributed by atoms with Gasteiger partial charge in [-0.15, -0.1) is 0 Å². The van der Waals surface area contributed by atoms with Gasteiger partial charge in [-0.1, -0.05) is 53.0 Å². The van der Waals surface area contributed by atoms with Gasteiger partial charge in [-0.25, -0.2) is 4.39 Å². The van der Waals surface area contributed by atoms with Crippen molar-refractivity contribution in [3.05, 3.63) is 34.6 Å². The predicted octanol–water partition coefficient (Wildman–Crippen LogP) is 4.48. The summed E-state index contributed by atoms with van der Waals surface area (Å²) in [4.78, 5) is 2.29. The molecular formula is C13H18BrClFN. The van der Waals surface area contributed by atoms with Crippen LogP contribution in [0.2, 0.25) is 5.02 Å². The van der Waals surface area contributed by atoms with Crippen molar-refractivity contribution >= 4 is 27.5 Å². The minimum Gasteiger partial charge on any atom is -0.298 e. The maximum atomic E-state index is 13.3. The lowest BCUT2D eigenvalue weighted by Crippen LogP contribution is -2.26. The van der Waals surface area contributed by atoms with Crippen molar-refractivity contribution in [2.75, 3.05) is 18.4 Å². The third-order valence-electron chi connectivity index (χ3n) is 2.65. The van der Waals surface area contributed by atoms with Crippen LogP contribution in [0.5, 0.6) is 0 Å². The second kappa shape index (κ2) is 8.06. The molecule has 17 heavy (non-hydrogen) atoms. The van der Waals surface area contributed by atoms with Crippen LogP contribution in [-0.4, -0.2) is 23.3 Å². The van der Waals surface area contributed by atoms with Gasteiger partial charge in [-0.05, 0) is 24.6 Å². The molecule has 0 N–H and O–H groups in total. The maximum absolute atomic E-state index is 13.3. The number of alkyl halides is 1. The fourth-order valence-electron chi connectivity index (χ4n) is 1.68. The first-order valence-electron chi connectivity index (χ1n) is 5.90. The van der Waals surface area contributed by atoms with Crippen LogP contribution < -0.4 is 0 Å². The van der Waals surface area contributed by atoms with Crippen LogP contribution in [0.4, 0.5) is 4.39 Å². The Morgan fingerprint density at radius 1 is 1.35 bits per heavy atom. The van der Waals surface area contributed by atoms with E-state index in [2.05, 4.69) is 27.8 Å². The van der Waals surface area contributed by atoms with E-state index in [4.69, 9.17) is 11.6 Å². The Morgan fingerprint density at radius 3 is 2.76 bits per heavy atom. The Morgan fingerprint density at radius 2 is 2.12 bits per heavy atom. The normalized spacial score (nSPS) is 11.1. The van der Waals surface area contributed by atoms with Gasteiger partial charge in [0, 0.05) is 18.4 Å². The van der Waals surface area contributed by atoms with E-state index in [0.717, 1.165) is 36.8 Å². The molecule has 1 nitrogen and oxygen atoms in total. The van der Waals surface area contributed by atoms with Gasteiger partial charge < -0.3 is 0 Å². The number of nitrogens with zero attached hydrogens (tertiary/aromatic N) is 1. The van der Waals surface area contributed by atoms with Gasteiger partial charge in [0.05, 0.1) is 5.02 Å². The zero-order valence-corrected chi connectivity index (χ0v) is 12.4. The Labute approximate surface area is 116 Å². The molecule has 0 saturated heterocycles. The SMILES string of the molecule is CCCCN(CCBr)Cc1cccc(F)c1Cl. The molecule has 96 valence electrons. The second-order valence-electron chi connectivity index (χ2n) is 4.03. The van der Waals surface area contributed by atoms with Crippen LogP contribution in [-0.2, 0) is 6.54 Å². The highest BCUT2D eigenvalue weighted by molar-refractivity contribution is 9.09. The predicted molar refractivity (Wildman–Crippen MR) is 75.4 cm³/mol. The number of rotatable bonds is 7. The standard InChI is InChI=1S/C13H18BrClFN/c1-2-3-8-17(9-7-14)10-11-5-4-6-12(16)13(11)15/h4-6H,2-3,7-10H2,1H3. The van der Waals surface area contributed by atoms with E-state index in [9.17, 15) is 4.39 Å². The summed E-state index contributed by atoms with van der Waals surface area (Å²) in [5.74, 6) is -0.335. The Hall–Kier alpha value is -0.120. The molecule has 1 rings (SSSR count). The minimum absolute atomic E-state index is 0.253. The monoisotopic (exact) mass is 321 g/mol. The molecule has 0 aromatic heterocycles. The van der Waals surface area contributed by atoms with E-state index in [1.807, 2.05) is 6.07 Å². The lowest BCUT2D eigenvalue weighted by Gasteiger charge is -2.21. The van der Waals surface area contributed by atoms with Crippen molar-refractivity contribution in [3.8, 4) is 0 Å².